The molecule has 0 amide bonds. The van der Waals surface area contributed by atoms with E-state index in [1.54, 1.807) is 0 Å². The van der Waals surface area contributed by atoms with Crippen molar-refractivity contribution in [2.45, 2.75) is 45.5 Å². The van der Waals surface area contributed by atoms with Crippen molar-refractivity contribution in [1.82, 2.24) is 15.0 Å². The molecular weight excluding hydrogens is 358 g/mol. The summed E-state index contributed by atoms with van der Waals surface area (Å²) in [6.07, 6.45) is 0. The zero-order valence-electron chi connectivity index (χ0n) is 16.3. The van der Waals surface area contributed by atoms with Crippen molar-refractivity contribution in [3.8, 4) is 0 Å². The molecule has 0 fully saturated rings. The van der Waals surface area contributed by atoms with Crippen molar-refractivity contribution in [2.75, 3.05) is 6.61 Å². The van der Waals surface area contributed by atoms with Crippen molar-refractivity contribution in [3.05, 3.63) is 58.0 Å². The third-order valence-corrected chi connectivity index (χ3v) is 5.52. The number of hydrogen-bond acceptors (Lipinski definition) is 6. The van der Waals surface area contributed by atoms with E-state index < -0.39 is 0 Å². The Morgan fingerprint density at radius 1 is 1.00 bits per heavy atom. The SMILES string of the molecule is CCOC(=O)c1c(CSc2nc(C)c(C)c(C)n2)nc2ccccc2c1C. The minimum absolute atomic E-state index is 0.331. The lowest BCUT2D eigenvalue weighted by Crippen LogP contribution is -2.12. The van der Waals surface area contributed by atoms with Crippen LogP contribution < -0.4 is 0 Å². The molecule has 0 spiro atoms. The van der Waals surface area contributed by atoms with Crippen LogP contribution >= 0.6 is 11.8 Å². The average Bonchev–Trinajstić information content (AvgIpc) is 2.64. The van der Waals surface area contributed by atoms with Crippen molar-refractivity contribution < 1.29 is 9.53 Å². The molecule has 27 heavy (non-hydrogen) atoms. The second kappa shape index (κ2) is 8.05. The minimum atomic E-state index is -0.332. The number of benzene rings is 1. The van der Waals surface area contributed by atoms with Crippen molar-refractivity contribution >= 4 is 28.6 Å². The Morgan fingerprint density at radius 2 is 1.67 bits per heavy atom. The second-order valence-electron chi connectivity index (χ2n) is 6.39. The first kappa shape index (κ1) is 19.3. The molecule has 5 nitrogen and oxygen atoms in total. The summed E-state index contributed by atoms with van der Waals surface area (Å²) < 4.78 is 5.28. The highest BCUT2D eigenvalue weighted by Crippen LogP contribution is 2.28. The van der Waals surface area contributed by atoms with Crippen LogP contribution in [0.25, 0.3) is 10.9 Å². The molecule has 6 heteroatoms. The van der Waals surface area contributed by atoms with Crippen LogP contribution in [0.5, 0.6) is 0 Å². The number of carbonyl (C=O) groups is 1. The van der Waals surface area contributed by atoms with Gasteiger partial charge in [-0.2, -0.15) is 0 Å². The van der Waals surface area contributed by atoms with Crippen LogP contribution in [-0.2, 0) is 10.5 Å². The molecule has 0 aliphatic carbocycles. The number of ether oxygens (including phenoxy) is 1. The Labute approximate surface area is 163 Å². The van der Waals surface area contributed by atoms with Gasteiger partial charge >= 0.3 is 5.97 Å². The number of fused-ring (bicyclic) bond motifs is 1. The molecule has 0 unspecified atom stereocenters. The summed E-state index contributed by atoms with van der Waals surface area (Å²) in [6, 6.07) is 7.84. The van der Waals surface area contributed by atoms with Crippen molar-refractivity contribution in [2.24, 2.45) is 0 Å². The highest BCUT2D eigenvalue weighted by atomic mass is 32.2. The van der Waals surface area contributed by atoms with Gasteiger partial charge in [-0.25, -0.2) is 14.8 Å². The second-order valence-corrected chi connectivity index (χ2v) is 7.33. The van der Waals surface area contributed by atoms with Gasteiger partial charge in [0.05, 0.1) is 23.4 Å². The van der Waals surface area contributed by atoms with Crippen LogP contribution in [-0.4, -0.2) is 27.5 Å². The Hall–Kier alpha value is -2.47. The van der Waals surface area contributed by atoms with E-state index in [2.05, 4.69) is 9.97 Å². The molecule has 2 aromatic heterocycles. The standard InChI is InChI=1S/C21H23N3O2S/c1-6-26-20(25)19-13(3)16-9-7-8-10-17(16)24-18(19)11-27-21-22-14(4)12(2)15(5)23-21/h7-10H,6,11H2,1-5H3. The molecule has 140 valence electrons. The molecule has 0 aliphatic heterocycles. The minimum Gasteiger partial charge on any atom is -0.462 e. The fraction of sp³-hybridized carbons (Fsp3) is 0.333. The van der Waals surface area contributed by atoms with E-state index in [0.717, 1.165) is 33.4 Å². The Bertz CT molecular complexity index is 995. The topological polar surface area (TPSA) is 65.0 Å². The molecule has 3 rings (SSSR count). The zero-order chi connectivity index (χ0) is 19.6. The van der Waals surface area contributed by atoms with Gasteiger partial charge in [-0.05, 0) is 51.8 Å². The van der Waals surface area contributed by atoms with Crippen LogP contribution in [0.4, 0.5) is 0 Å². The van der Waals surface area contributed by atoms with Gasteiger partial charge in [0.1, 0.15) is 0 Å². The van der Waals surface area contributed by atoms with E-state index in [4.69, 9.17) is 9.72 Å². The third kappa shape index (κ3) is 3.95. The molecule has 1 aromatic carbocycles. The van der Waals surface area contributed by atoms with Gasteiger partial charge in [0.15, 0.2) is 5.16 Å². The lowest BCUT2D eigenvalue weighted by Gasteiger charge is -2.14. The van der Waals surface area contributed by atoms with Gasteiger partial charge in [-0.15, -0.1) is 0 Å². The largest absolute Gasteiger partial charge is 0.462 e. The lowest BCUT2D eigenvalue weighted by molar-refractivity contribution is 0.0524. The van der Waals surface area contributed by atoms with Gasteiger partial charge in [0.2, 0.25) is 0 Å². The number of aromatic nitrogens is 3. The number of nitrogens with zero attached hydrogens (tertiary/aromatic N) is 3. The van der Waals surface area contributed by atoms with E-state index in [9.17, 15) is 4.79 Å². The number of hydrogen-bond donors (Lipinski definition) is 0. The zero-order valence-corrected chi connectivity index (χ0v) is 17.1. The predicted molar refractivity (Wildman–Crippen MR) is 108 cm³/mol. The number of esters is 1. The number of aryl methyl sites for hydroxylation is 3. The Morgan fingerprint density at radius 3 is 2.33 bits per heavy atom. The molecule has 0 aliphatic rings. The summed E-state index contributed by atoms with van der Waals surface area (Å²) in [6.45, 7) is 10.1. The first-order valence-electron chi connectivity index (χ1n) is 8.92. The number of thioether (sulfide) groups is 1. The van der Waals surface area contributed by atoms with Crippen LogP contribution in [0.15, 0.2) is 29.4 Å². The van der Waals surface area contributed by atoms with Gasteiger partial charge in [0.25, 0.3) is 0 Å². The molecule has 0 N–H and O–H groups in total. The van der Waals surface area contributed by atoms with Crippen LogP contribution in [0, 0.1) is 27.7 Å². The third-order valence-electron chi connectivity index (χ3n) is 4.66. The molecule has 0 radical (unpaired) electrons. The summed E-state index contributed by atoms with van der Waals surface area (Å²) in [5, 5.41) is 1.66. The van der Waals surface area contributed by atoms with E-state index in [1.807, 2.05) is 58.9 Å². The maximum atomic E-state index is 12.6. The number of rotatable bonds is 5. The first-order valence-corrected chi connectivity index (χ1v) is 9.90. The molecule has 0 atom stereocenters. The summed E-state index contributed by atoms with van der Waals surface area (Å²) in [5.41, 5.74) is 6.06. The highest BCUT2D eigenvalue weighted by Gasteiger charge is 2.20. The van der Waals surface area contributed by atoms with E-state index in [0.29, 0.717) is 28.8 Å². The molecule has 3 aromatic rings. The summed E-state index contributed by atoms with van der Waals surface area (Å²) in [4.78, 5) is 26.4. The smallest absolute Gasteiger partial charge is 0.340 e. The lowest BCUT2D eigenvalue weighted by atomic mass is 10.0. The summed E-state index contributed by atoms with van der Waals surface area (Å²) >= 11 is 1.48. The Kier molecular flexibility index (Phi) is 5.75. The quantitative estimate of drug-likeness (QED) is 0.362. The van der Waals surface area contributed by atoms with Gasteiger partial charge in [-0.3, -0.25) is 4.98 Å². The molecule has 0 bridgehead atoms. The fourth-order valence-corrected chi connectivity index (χ4v) is 3.84. The average molecular weight is 382 g/mol. The Balaban J connectivity index is 2.02. The van der Waals surface area contributed by atoms with Gasteiger partial charge < -0.3 is 4.74 Å². The molecule has 0 saturated heterocycles. The fourth-order valence-electron chi connectivity index (χ4n) is 2.96. The highest BCUT2D eigenvalue weighted by molar-refractivity contribution is 7.98. The number of para-hydroxylation sites is 1. The summed E-state index contributed by atoms with van der Waals surface area (Å²) in [5.74, 6) is 0.169. The van der Waals surface area contributed by atoms with Gasteiger partial charge in [0, 0.05) is 22.5 Å². The van der Waals surface area contributed by atoms with Crippen LogP contribution in [0.2, 0.25) is 0 Å². The van der Waals surface area contributed by atoms with E-state index >= 15 is 0 Å². The summed E-state index contributed by atoms with van der Waals surface area (Å²) in [7, 11) is 0. The normalized spacial score (nSPS) is 11.0. The maximum absolute atomic E-state index is 12.6. The van der Waals surface area contributed by atoms with Gasteiger partial charge in [-0.1, -0.05) is 30.0 Å². The number of pyridine rings is 1. The van der Waals surface area contributed by atoms with E-state index in [1.165, 1.54) is 11.8 Å². The molecule has 2 heterocycles. The van der Waals surface area contributed by atoms with Crippen LogP contribution in [0.3, 0.4) is 0 Å². The molecular formula is C21H23N3O2S. The first-order chi connectivity index (χ1) is 12.9. The van der Waals surface area contributed by atoms with Crippen LogP contribution in [0.1, 0.15) is 45.5 Å². The van der Waals surface area contributed by atoms with Crippen molar-refractivity contribution in [1.29, 1.82) is 0 Å². The number of carbonyl (C=O) groups excluding carboxylic acids is 1. The monoisotopic (exact) mass is 381 g/mol. The van der Waals surface area contributed by atoms with Crippen molar-refractivity contribution in [3.63, 3.8) is 0 Å². The predicted octanol–water partition coefficient (Wildman–Crippen LogP) is 4.73. The molecule has 0 saturated carbocycles. The maximum Gasteiger partial charge on any atom is 0.340 e. The van der Waals surface area contributed by atoms with E-state index in [-0.39, 0.29) is 5.97 Å².